The van der Waals surface area contributed by atoms with E-state index >= 15 is 0 Å². The van der Waals surface area contributed by atoms with Gasteiger partial charge in [-0.05, 0) is 25.1 Å². The Bertz CT molecular complexity index is 604. The highest BCUT2D eigenvalue weighted by molar-refractivity contribution is 5.97. The number of anilines is 1. The van der Waals surface area contributed by atoms with Gasteiger partial charge in [0, 0.05) is 18.9 Å². The third-order valence-corrected chi connectivity index (χ3v) is 3.14. The van der Waals surface area contributed by atoms with Crippen LogP contribution in [0.1, 0.15) is 12.5 Å². The number of hydrogen-bond acceptors (Lipinski definition) is 3. The summed E-state index contributed by atoms with van der Waals surface area (Å²) in [7, 11) is 1.37. The summed E-state index contributed by atoms with van der Waals surface area (Å²) in [6, 6.07) is 11.2. The van der Waals surface area contributed by atoms with Crippen LogP contribution >= 0.6 is 0 Å². The third kappa shape index (κ3) is 2.67. The fraction of sp³-hybridized carbons (Fsp3) is 0.200. The van der Waals surface area contributed by atoms with Gasteiger partial charge in [0.2, 0.25) is 0 Å². The molecule has 1 aromatic heterocycles. The van der Waals surface area contributed by atoms with Crippen LogP contribution in [0.4, 0.5) is 10.2 Å². The van der Waals surface area contributed by atoms with Gasteiger partial charge in [0.1, 0.15) is 11.6 Å². The van der Waals surface area contributed by atoms with Crippen molar-refractivity contribution in [3.8, 4) is 0 Å². The molecule has 4 nitrogen and oxygen atoms in total. The number of pyridine rings is 1. The number of carbonyl (C=O) groups excluding carboxylic acids is 1. The summed E-state index contributed by atoms with van der Waals surface area (Å²) in [5.41, 5.74) is -1.25. The minimum Gasteiger partial charge on any atom is -0.364 e. The van der Waals surface area contributed by atoms with Crippen LogP contribution in [-0.4, -0.2) is 18.0 Å². The Balaban J connectivity index is 2.31. The van der Waals surface area contributed by atoms with Crippen LogP contribution in [0.5, 0.6) is 0 Å². The van der Waals surface area contributed by atoms with Crippen molar-refractivity contribution in [2.45, 2.75) is 12.5 Å². The van der Waals surface area contributed by atoms with E-state index in [4.69, 9.17) is 4.74 Å². The van der Waals surface area contributed by atoms with Crippen molar-refractivity contribution in [2.75, 3.05) is 12.4 Å². The number of amides is 1. The summed E-state index contributed by atoms with van der Waals surface area (Å²) in [6.07, 6.45) is 1.56. The van der Waals surface area contributed by atoms with E-state index in [9.17, 15) is 9.18 Å². The van der Waals surface area contributed by atoms with Crippen molar-refractivity contribution in [1.29, 1.82) is 0 Å². The van der Waals surface area contributed by atoms with Gasteiger partial charge in [-0.15, -0.1) is 0 Å². The van der Waals surface area contributed by atoms with Gasteiger partial charge in [0.15, 0.2) is 5.60 Å². The van der Waals surface area contributed by atoms with E-state index in [0.29, 0.717) is 5.82 Å². The van der Waals surface area contributed by atoms with Crippen LogP contribution in [0.25, 0.3) is 0 Å². The van der Waals surface area contributed by atoms with Gasteiger partial charge in [-0.1, -0.05) is 24.3 Å². The number of ether oxygens (including phenoxy) is 1. The van der Waals surface area contributed by atoms with E-state index in [2.05, 4.69) is 10.3 Å². The first kappa shape index (κ1) is 14.1. The zero-order chi connectivity index (χ0) is 14.6. The van der Waals surface area contributed by atoms with Crippen molar-refractivity contribution >= 4 is 11.7 Å². The predicted octanol–water partition coefficient (Wildman–Crippen LogP) is 2.72. The Morgan fingerprint density at radius 1 is 1.25 bits per heavy atom. The van der Waals surface area contributed by atoms with E-state index < -0.39 is 17.3 Å². The molecule has 20 heavy (non-hydrogen) atoms. The molecule has 1 atom stereocenters. The SMILES string of the molecule is CO[C@@](C)(C(=O)Nc1ccccn1)c1ccccc1F. The molecule has 2 aromatic rings. The van der Waals surface area contributed by atoms with Crippen LogP contribution < -0.4 is 5.32 Å². The maximum Gasteiger partial charge on any atom is 0.262 e. The number of methoxy groups -OCH3 is 1. The van der Waals surface area contributed by atoms with Crippen molar-refractivity contribution in [3.63, 3.8) is 0 Å². The van der Waals surface area contributed by atoms with Crippen LogP contribution in [0.2, 0.25) is 0 Å². The number of nitrogens with one attached hydrogen (secondary N) is 1. The summed E-state index contributed by atoms with van der Waals surface area (Å²) < 4.78 is 19.2. The zero-order valence-electron chi connectivity index (χ0n) is 11.3. The van der Waals surface area contributed by atoms with Crippen molar-refractivity contribution in [2.24, 2.45) is 0 Å². The van der Waals surface area contributed by atoms with Gasteiger partial charge in [0.25, 0.3) is 5.91 Å². The highest BCUT2D eigenvalue weighted by Crippen LogP contribution is 2.28. The molecule has 0 radical (unpaired) electrons. The Hall–Kier alpha value is -2.27. The first-order chi connectivity index (χ1) is 9.58. The molecule has 0 saturated carbocycles. The monoisotopic (exact) mass is 274 g/mol. The van der Waals surface area contributed by atoms with Crippen molar-refractivity contribution in [1.82, 2.24) is 4.98 Å². The number of rotatable bonds is 4. The van der Waals surface area contributed by atoms with Gasteiger partial charge in [-0.2, -0.15) is 0 Å². The third-order valence-electron chi connectivity index (χ3n) is 3.14. The Kier molecular flexibility index (Phi) is 4.10. The lowest BCUT2D eigenvalue weighted by Crippen LogP contribution is -2.40. The molecule has 0 aliphatic rings. The molecule has 0 bridgehead atoms. The van der Waals surface area contributed by atoms with Gasteiger partial charge in [-0.25, -0.2) is 9.37 Å². The number of hydrogen-bond donors (Lipinski definition) is 1. The standard InChI is InChI=1S/C15H15FN2O2/c1-15(20-2,11-7-3-4-8-12(11)16)14(19)18-13-9-5-6-10-17-13/h3-10H,1-2H3,(H,17,18,19)/t15-/m1/s1. The molecule has 1 heterocycles. The smallest absolute Gasteiger partial charge is 0.262 e. The van der Waals surface area contributed by atoms with Crippen molar-refractivity contribution in [3.05, 3.63) is 60.0 Å². The second-order valence-electron chi connectivity index (χ2n) is 4.39. The fourth-order valence-electron chi connectivity index (χ4n) is 1.85. The maximum absolute atomic E-state index is 13.9. The molecular weight excluding hydrogens is 259 g/mol. The number of carbonyl (C=O) groups is 1. The van der Waals surface area contributed by atoms with E-state index in [0.717, 1.165) is 0 Å². The summed E-state index contributed by atoms with van der Waals surface area (Å²) >= 11 is 0. The molecule has 0 aliphatic carbocycles. The molecular formula is C15H15FN2O2. The molecule has 104 valence electrons. The highest BCUT2D eigenvalue weighted by Gasteiger charge is 2.37. The quantitative estimate of drug-likeness (QED) is 0.932. The van der Waals surface area contributed by atoms with Crippen molar-refractivity contribution < 1.29 is 13.9 Å². The summed E-state index contributed by atoms with van der Waals surface area (Å²) in [5, 5.41) is 2.62. The largest absolute Gasteiger partial charge is 0.364 e. The molecule has 5 heteroatoms. The van der Waals surface area contributed by atoms with E-state index in [1.165, 1.54) is 26.2 Å². The first-order valence-corrected chi connectivity index (χ1v) is 6.10. The lowest BCUT2D eigenvalue weighted by molar-refractivity contribution is -0.137. The minimum absolute atomic E-state index is 0.177. The second-order valence-corrected chi connectivity index (χ2v) is 4.39. The van der Waals surface area contributed by atoms with Crippen LogP contribution in [0.15, 0.2) is 48.7 Å². The average Bonchev–Trinajstić information content (AvgIpc) is 2.48. The fourth-order valence-corrected chi connectivity index (χ4v) is 1.85. The Morgan fingerprint density at radius 3 is 2.55 bits per heavy atom. The summed E-state index contributed by atoms with van der Waals surface area (Å²) in [6.45, 7) is 1.52. The Labute approximate surface area is 116 Å². The van der Waals surface area contributed by atoms with Crippen LogP contribution in [0.3, 0.4) is 0 Å². The molecule has 0 fully saturated rings. The number of benzene rings is 1. The highest BCUT2D eigenvalue weighted by atomic mass is 19.1. The maximum atomic E-state index is 13.9. The normalized spacial score (nSPS) is 13.6. The number of aromatic nitrogens is 1. The summed E-state index contributed by atoms with van der Waals surface area (Å²) in [4.78, 5) is 16.4. The zero-order valence-corrected chi connectivity index (χ0v) is 11.3. The molecule has 0 saturated heterocycles. The summed E-state index contributed by atoms with van der Waals surface area (Å²) in [5.74, 6) is -0.589. The van der Waals surface area contributed by atoms with E-state index in [1.54, 1.807) is 36.5 Å². The topological polar surface area (TPSA) is 51.2 Å². The Morgan fingerprint density at radius 2 is 1.95 bits per heavy atom. The van der Waals surface area contributed by atoms with Gasteiger partial charge in [0.05, 0.1) is 0 Å². The average molecular weight is 274 g/mol. The lowest BCUT2D eigenvalue weighted by atomic mass is 9.94. The first-order valence-electron chi connectivity index (χ1n) is 6.10. The lowest BCUT2D eigenvalue weighted by Gasteiger charge is -2.27. The molecule has 0 aliphatic heterocycles. The van der Waals surface area contributed by atoms with Crippen LogP contribution in [-0.2, 0) is 15.1 Å². The minimum atomic E-state index is -1.43. The van der Waals surface area contributed by atoms with Gasteiger partial charge in [-0.3, -0.25) is 4.79 Å². The number of halogens is 1. The van der Waals surface area contributed by atoms with E-state index in [1.807, 2.05) is 0 Å². The molecule has 1 amide bonds. The molecule has 1 aromatic carbocycles. The van der Waals surface area contributed by atoms with Crippen LogP contribution in [0, 0.1) is 5.82 Å². The molecule has 0 spiro atoms. The number of nitrogens with zero attached hydrogens (tertiary/aromatic N) is 1. The molecule has 1 N–H and O–H groups in total. The predicted molar refractivity (Wildman–Crippen MR) is 73.6 cm³/mol. The van der Waals surface area contributed by atoms with Gasteiger partial charge < -0.3 is 10.1 Å². The van der Waals surface area contributed by atoms with Gasteiger partial charge >= 0.3 is 0 Å². The second kappa shape index (κ2) is 5.79. The molecule has 0 unspecified atom stereocenters. The molecule has 2 rings (SSSR count). The van der Waals surface area contributed by atoms with E-state index in [-0.39, 0.29) is 5.56 Å².